The quantitative estimate of drug-likeness (QED) is 0.670. The number of likely N-dealkylation sites (tertiary alicyclic amines) is 2. The van der Waals surface area contributed by atoms with E-state index < -0.39 is 0 Å². The van der Waals surface area contributed by atoms with Crippen molar-refractivity contribution in [2.45, 2.75) is 37.7 Å². The Labute approximate surface area is 193 Å². The predicted octanol–water partition coefficient (Wildman–Crippen LogP) is 3.05. The summed E-state index contributed by atoms with van der Waals surface area (Å²) in [5.74, 6) is 1.13. The molecule has 0 aliphatic carbocycles. The fraction of sp³-hybridized carbons (Fsp3) is 0.478. The number of carbonyl (C=O) groups is 1. The summed E-state index contributed by atoms with van der Waals surface area (Å²) >= 11 is 6.23. The van der Waals surface area contributed by atoms with E-state index in [1.807, 2.05) is 12.1 Å². The van der Waals surface area contributed by atoms with Crippen molar-refractivity contribution < 1.29 is 9.53 Å². The molecule has 2 aromatic heterocycles. The minimum absolute atomic E-state index is 0.0835. The van der Waals surface area contributed by atoms with Gasteiger partial charge in [-0.2, -0.15) is 5.26 Å². The summed E-state index contributed by atoms with van der Waals surface area (Å²) in [5.41, 5.74) is 1.85. The third-order valence-corrected chi connectivity index (χ3v) is 6.28. The molecule has 0 saturated carbocycles. The fourth-order valence-corrected chi connectivity index (χ4v) is 4.33. The minimum atomic E-state index is -0.178. The van der Waals surface area contributed by atoms with Crippen molar-refractivity contribution >= 4 is 23.3 Å². The van der Waals surface area contributed by atoms with Gasteiger partial charge in [-0.3, -0.25) is 9.78 Å². The van der Waals surface area contributed by atoms with E-state index in [1.54, 1.807) is 17.2 Å². The number of amides is 1. The zero-order valence-corrected chi connectivity index (χ0v) is 18.9. The summed E-state index contributed by atoms with van der Waals surface area (Å²) in [6.07, 6.45) is 8.52. The van der Waals surface area contributed by atoms with Gasteiger partial charge in [-0.15, -0.1) is 0 Å². The number of nitrogens with one attached hydrogen (secondary N) is 1. The monoisotopic (exact) mass is 454 g/mol. The third-order valence-electron chi connectivity index (χ3n) is 6.00. The van der Waals surface area contributed by atoms with Crippen LogP contribution in [0.2, 0.25) is 5.02 Å². The van der Waals surface area contributed by atoms with Crippen LogP contribution in [0.3, 0.4) is 0 Å². The lowest BCUT2D eigenvalue weighted by atomic mass is 9.93. The van der Waals surface area contributed by atoms with E-state index in [0.717, 1.165) is 56.7 Å². The molecule has 2 fully saturated rings. The Morgan fingerprint density at radius 1 is 1.25 bits per heavy atom. The van der Waals surface area contributed by atoms with Gasteiger partial charge >= 0.3 is 0 Å². The van der Waals surface area contributed by atoms with Gasteiger partial charge in [0.05, 0.1) is 12.6 Å². The molecule has 4 heterocycles. The lowest BCUT2D eigenvalue weighted by molar-refractivity contribution is -0.115. The van der Waals surface area contributed by atoms with Crippen LogP contribution in [0.4, 0.5) is 5.82 Å². The highest BCUT2D eigenvalue weighted by Crippen LogP contribution is 2.29. The average Bonchev–Trinajstić information content (AvgIpc) is 3.21. The Morgan fingerprint density at radius 2 is 2.06 bits per heavy atom. The summed E-state index contributed by atoms with van der Waals surface area (Å²) in [4.78, 5) is 25.3. The molecule has 1 amide bonds. The van der Waals surface area contributed by atoms with Crippen molar-refractivity contribution in [2.75, 3.05) is 38.5 Å². The van der Waals surface area contributed by atoms with Gasteiger partial charge in [-0.1, -0.05) is 17.7 Å². The first-order valence-electron chi connectivity index (χ1n) is 10.9. The third kappa shape index (κ3) is 5.67. The Morgan fingerprint density at radius 3 is 2.72 bits per heavy atom. The van der Waals surface area contributed by atoms with Gasteiger partial charge in [0.2, 0.25) is 5.91 Å². The number of anilines is 1. The van der Waals surface area contributed by atoms with Crippen molar-refractivity contribution in [1.29, 1.82) is 5.26 Å². The first-order chi connectivity index (χ1) is 15.5. The lowest BCUT2D eigenvalue weighted by Crippen LogP contribution is -2.29. The fourth-order valence-electron chi connectivity index (χ4n) is 4.18. The van der Waals surface area contributed by atoms with Gasteiger partial charge in [-0.05, 0) is 37.9 Å². The molecule has 1 N–H and O–H groups in total. The van der Waals surface area contributed by atoms with Crippen LogP contribution in [-0.4, -0.2) is 65.0 Å². The average molecular weight is 455 g/mol. The van der Waals surface area contributed by atoms with E-state index in [1.165, 1.54) is 6.20 Å². The Kier molecular flexibility index (Phi) is 7.08. The molecule has 32 heavy (non-hydrogen) atoms. The van der Waals surface area contributed by atoms with Crippen LogP contribution in [0.25, 0.3) is 0 Å². The van der Waals surface area contributed by atoms with Crippen LogP contribution in [0, 0.1) is 11.5 Å². The number of carbonyl (C=O) groups excluding carboxylic acids is 1. The summed E-state index contributed by atoms with van der Waals surface area (Å²) < 4.78 is 6.01. The van der Waals surface area contributed by atoms with Gasteiger partial charge in [0, 0.05) is 50.1 Å². The summed E-state index contributed by atoms with van der Waals surface area (Å²) in [6, 6.07) is 5.60. The molecule has 0 radical (unpaired) electrons. The number of hydrogen-bond donors (Lipinski definition) is 1. The van der Waals surface area contributed by atoms with Crippen molar-refractivity contribution in [3.05, 3.63) is 46.9 Å². The van der Waals surface area contributed by atoms with Crippen molar-refractivity contribution in [3.63, 3.8) is 0 Å². The van der Waals surface area contributed by atoms with E-state index >= 15 is 0 Å². The molecule has 8 nitrogen and oxygen atoms in total. The smallest absolute Gasteiger partial charge is 0.230 e. The van der Waals surface area contributed by atoms with E-state index in [0.29, 0.717) is 22.5 Å². The molecule has 0 bridgehead atoms. The second-order valence-electron chi connectivity index (χ2n) is 8.47. The number of rotatable bonds is 6. The molecule has 0 aromatic carbocycles. The van der Waals surface area contributed by atoms with E-state index in [9.17, 15) is 4.79 Å². The first kappa shape index (κ1) is 22.3. The van der Waals surface area contributed by atoms with Gasteiger partial charge in [0.25, 0.3) is 0 Å². The minimum Gasteiger partial charge on any atom is -0.487 e. The number of likely N-dealkylation sites (N-methyl/N-ethyl adjacent to an activating group) is 1. The number of ether oxygens (including phenoxy) is 1. The van der Waals surface area contributed by atoms with Crippen LogP contribution in [-0.2, 0) is 11.2 Å². The molecule has 2 saturated heterocycles. The standard InChI is InChI=1S/C23H27ClN6O2/c1-29-7-6-18(14-29)32-21-11-22(27-13-19(21)24)28-23(31)10-16-2-3-20(26-12-16)17-4-8-30(15-25)9-5-17/h2-3,11-13,17-18H,4-10,14H2,1H3,(H,27,28,31)/t18-/m1/s1. The summed E-state index contributed by atoms with van der Waals surface area (Å²) in [6.45, 7) is 3.37. The second-order valence-corrected chi connectivity index (χ2v) is 8.88. The maximum absolute atomic E-state index is 12.5. The van der Waals surface area contributed by atoms with Gasteiger partial charge in [-0.25, -0.2) is 4.98 Å². The largest absolute Gasteiger partial charge is 0.487 e. The van der Waals surface area contributed by atoms with E-state index in [4.69, 9.17) is 21.6 Å². The molecule has 0 spiro atoms. The highest BCUT2D eigenvalue weighted by molar-refractivity contribution is 6.32. The Bertz CT molecular complexity index is 985. The van der Waals surface area contributed by atoms with Gasteiger partial charge in [0.15, 0.2) is 6.19 Å². The normalized spacial score (nSPS) is 19.5. The SMILES string of the molecule is CN1CC[C@@H](Oc2cc(NC(=O)Cc3ccc(C4CCN(C#N)CC4)nc3)ncc2Cl)C1. The van der Waals surface area contributed by atoms with Gasteiger partial charge < -0.3 is 19.9 Å². The molecular formula is C23H27ClN6O2. The molecule has 2 aromatic rings. The number of halogens is 1. The maximum Gasteiger partial charge on any atom is 0.230 e. The number of pyridine rings is 2. The Hall–Kier alpha value is -2.89. The highest BCUT2D eigenvalue weighted by atomic mass is 35.5. The van der Waals surface area contributed by atoms with Crippen LogP contribution in [0.1, 0.15) is 36.4 Å². The first-order valence-corrected chi connectivity index (χ1v) is 11.3. The number of nitriles is 1. The summed E-state index contributed by atoms with van der Waals surface area (Å²) in [7, 11) is 2.06. The predicted molar refractivity (Wildman–Crippen MR) is 122 cm³/mol. The molecule has 1 atom stereocenters. The van der Waals surface area contributed by atoms with Crippen molar-refractivity contribution in [2.24, 2.45) is 0 Å². The van der Waals surface area contributed by atoms with Crippen LogP contribution >= 0.6 is 11.6 Å². The summed E-state index contributed by atoms with van der Waals surface area (Å²) in [5, 5.41) is 12.2. The molecule has 2 aliphatic heterocycles. The molecule has 4 rings (SSSR count). The number of piperidine rings is 1. The van der Waals surface area contributed by atoms with E-state index in [2.05, 4.69) is 33.4 Å². The van der Waals surface area contributed by atoms with Crippen LogP contribution in [0.15, 0.2) is 30.6 Å². The number of nitrogens with zero attached hydrogens (tertiary/aromatic N) is 5. The second kappa shape index (κ2) is 10.2. The van der Waals surface area contributed by atoms with Crippen LogP contribution in [0.5, 0.6) is 5.75 Å². The number of hydrogen-bond acceptors (Lipinski definition) is 7. The lowest BCUT2D eigenvalue weighted by Gasteiger charge is -2.27. The zero-order valence-electron chi connectivity index (χ0n) is 18.1. The van der Waals surface area contributed by atoms with Gasteiger partial charge in [0.1, 0.15) is 22.7 Å². The molecule has 9 heteroatoms. The van der Waals surface area contributed by atoms with E-state index in [-0.39, 0.29) is 18.4 Å². The Balaban J connectivity index is 1.32. The topological polar surface area (TPSA) is 94.4 Å². The number of aromatic nitrogens is 2. The maximum atomic E-state index is 12.5. The van der Waals surface area contributed by atoms with Crippen molar-refractivity contribution in [3.8, 4) is 11.9 Å². The molecule has 0 unspecified atom stereocenters. The highest BCUT2D eigenvalue weighted by Gasteiger charge is 2.23. The molecular weight excluding hydrogens is 428 g/mol. The van der Waals surface area contributed by atoms with Crippen molar-refractivity contribution in [1.82, 2.24) is 19.8 Å². The molecule has 168 valence electrons. The zero-order chi connectivity index (χ0) is 22.5. The van der Waals surface area contributed by atoms with Crippen LogP contribution < -0.4 is 10.1 Å². The molecule has 2 aliphatic rings.